The van der Waals surface area contributed by atoms with Gasteiger partial charge in [0.25, 0.3) is 0 Å². The van der Waals surface area contributed by atoms with E-state index in [-0.39, 0.29) is 11.8 Å². The van der Waals surface area contributed by atoms with Gasteiger partial charge in [0.05, 0.1) is 0 Å². The van der Waals surface area contributed by atoms with Gasteiger partial charge in [0, 0.05) is 55.5 Å². The monoisotopic (exact) mass is 363 g/mol. The lowest BCUT2D eigenvalue weighted by Gasteiger charge is -2.32. The third-order valence-electron chi connectivity index (χ3n) is 4.85. The lowest BCUT2D eigenvalue weighted by molar-refractivity contribution is -0.120. The molecule has 0 spiro atoms. The van der Waals surface area contributed by atoms with Crippen LogP contribution in [0.4, 0.5) is 11.5 Å². The van der Waals surface area contributed by atoms with E-state index in [0.717, 1.165) is 49.1 Å². The second-order valence-electron chi connectivity index (χ2n) is 6.57. The van der Waals surface area contributed by atoms with E-state index < -0.39 is 0 Å². The van der Waals surface area contributed by atoms with E-state index in [2.05, 4.69) is 30.2 Å². The second kappa shape index (κ2) is 7.53. The number of imidazole rings is 1. The molecule has 1 amide bonds. The van der Waals surface area contributed by atoms with Crippen LogP contribution in [-0.2, 0) is 4.79 Å². The molecular weight excluding hydrogens is 342 g/mol. The van der Waals surface area contributed by atoms with E-state index in [4.69, 9.17) is 0 Å². The van der Waals surface area contributed by atoms with Crippen LogP contribution in [0.5, 0.6) is 0 Å². The smallest absolute Gasteiger partial charge is 0.227 e. The maximum Gasteiger partial charge on any atom is 0.227 e. The highest BCUT2D eigenvalue weighted by Crippen LogP contribution is 2.24. The van der Waals surface area contributed by atoms with Crippen molar-refractivity contribution in [1.82, 2.24) is 24.5 Å². The van der Waals surface area contributed by atoms with E-state index in [0.29, 0.717) is 0 Å². The maximum atomic E-state index is 12.5. The SMILES string of the molecule is Cc1nccn1-c1cc(N2CCC(C(=O)Nc3ccncc3)CC2)ncn1. The molecule has 0 bridgehead atoms. The van der Waals surface area contributed by atoms with Crippen molar-refractivity contribution in [2.75, 3.05) is 23.3 Å². The van der Waals surface area contributed by atoms with Gasteiger partial charge in [-0.2, -0.15) is 0 Å². The summed E-state index contributed by atoms with van der Waals surface area (Å²) < 4.78 is 1.93. The number of aromatic nitrogens is 5. The van der Waals surface area contributed by atoms with Crippen LogP contribution in [0, 0.1) is 12.8 Å². The van der Waals surface area contributed by atoms with Crippen LogP contribution >= 0.6 is 0 Å². The third-order valence-corrected chi connectivity index (χ3v) is 4.85. The molecule has 3 aromatic rings. The van der Waals surface area contributed by atoms with Crippen molar-refractivity contribution in [3.63, 3.8) is 0 Å². The minimum atomic E-state index is 0.00613. The predicted molar refractivity (Wildman–Crippen MR) is 102 cm³/mol. The highest BCUT2D eigenvalue weighted by Gasteiger charge is 2.26. The number of amides is 1. The number of hydrogen-bond acceptors (Lipinski definition) is 6. The molecule has 0 radical (unpaired) electrons. The minimum absolute atomic E-state index is 0.00613. The summed E-state index contributed by atoms with van der Waals surface area (Å²) in [5, 5.41) is 2.97. The van der Waals surface area contributed by atoms with Gasteiger partial charge in [0.15, 0.2) is 0 Å². The minimum Gasteiger partial charge on any atom is -0.356 e. The molecule has 0 aliphatic carbocycles. The van der Waals surface area contributed by atoms with Crippen LogP contribution < -0.4 is 10.2 Å². The lowest BCUT2D eigenvalue weighted by atomic mass is 9.96. The molecule has 0 atom stereocenters. The molecule has 8 heteroatoms. The second-order valence-corrected chi connectivity index (χ2v) is 6.57. The molecule has 1 aliphatic rings. The van der Waals surface area contributed by atoms with Gasteiger partial charge in [0.1, 0.15) is 23.8 Å². The zero-order chi connectivity index (χ0) is 18.6. The average molecular weight is 363 g/mol. The van der Waals surface area contributed by atoms with E-state index in [1.165, 1.54) is 0 Å². The number of pyridine rings is 1. The quantitative estimate of drug-likeness (QED) is 0.765. The molecule has 1 N–H and O–H groups in total. The van der Waals surface area contributed by atoms with Crippen LogP contribution in [0.25, 0.3) is 5.82 Å². The molecule has 0 unspecified atom stereocenters. The van der Waals surface area contributed by atoms with E-state index >= 15 is 0 Å². The first kappa shape index (κ1) is 17.1. The molecule has 1 aliphatic heterocycles. The van der Waals surface area contributed by atoms with Gasteiger partial charge in [-0.1, -0.05) is 0 Å². The van der Waals surface area contributed by atoms with Crippen LogP contribution in [0.15, 0.2) is 49.3 Å². The van der Waals surface area contributed by atoms with E-state index in [1.54, 1.807) is 37.1 Å². The summed E-state index contributed by atoms with van der Waals surface area (Å²) in [4.78, 5) is 31.6. The maximum absolute atomic E-state index is 12.5. The molecule has 4 rings (SSSR count). The van der Waals surface area contributed by atoms with E-state index in [1.807, 2.05) is 23.8 Å². The molecule has 1 saturated heterocycles. The lowest BCUT2D eigenvalue weighted by Crippen LogP contribution is -2.38. The van der Waals surface area contributed by atoms with Gasteiger partial charge in [-0.15, -0.1) is 0 Å². The van der Waals surface area contributed by atoms with Crippen molar-refractivity contribution in [1.29, 1.82) is 0 Å². The molecule has 1 fully saturated rings. The summed E-state index contributed by atoms with van der Waals surface area (Å²) in [7, 11) is 0. The van der Waals surface area contributed by atoms with Crippen LogP contribution in [0.1, 0.15) is 18.7 Å². The van der Waals surface area contributed by atoms with Crippen molar-refractivity contribution in [3.8, 4) is 5.82 Å². The Morgan fingerprint density at radius 1 is 1.07 bits per heavy atom. The molecule has 8 nitrogen and oxygen atoms in total. The Morgan fingerprint density at radius 2 is 1.81 bits per heavy atom. The fraction of sp³-hybridized carbons (Fsp3) is 0.316. The number of carbonyl (C=O) groups is 1. The topological polar surface area (TPSA) is 88.8 Å². The third kappa shape index (κ3) is 3.79. The molecule has 3 aromatic heterocycles. The summed E-state index contributed by atoms with van der Waals surface area (Å²) in [6.45, 7) is 3.51. The Hall–Kier alpha value is -3.29. The van der Waals surface area contributed by atoms with Crippen LogP contribution in [0.2, 0.25) is 0 Å². The number of aryl methyl sites for hydroxylation is 1. The standard InChI is InChI=1S/C19H21N7O/c1-14-21-8-11-26(14)18-12-17(22-13-23-18)25-9-4-15(5-10-25)19(27)24-16-2-6-20-7-3-16/h2-3,6-8,11-13,15H,4-5,9-10H2,1H3,(H,20,24,27). The Bertz CT molecular complexity index is 917. The Balaban J connectivity index is 1.39. The number of hydrogen-bond donors (Lipinski definition) is 1. The summed E-state index contributed by atoms with van der Waals surface area (Å²) in [6.07, 6.45) is 10.1. The largest absolute Gasteiger partial charge is 0.356 e. The normalized spacial score (nSPS) is 14.9. The average Bonchev–Trinajstić information content (AvgIpc) is 3.15. The molecule has 0 saturated carbocycles. The fourth-order valence-corrected chi connectivity index (χ4v) is 3.31. The zero-order valence-corrected chi connectivity index (χ0v) is 15.1. The van der Waals surface area contributed by atoms with Gasteiger partial charge in [-0.25, -0.2) is 15.0 Å². The molecule has 138 valence electrons. The molecule has 27 heavy (non-hydrogen) atoms. The number of nitrogens with one attached hydrogen (secondary N) is 1. The highest BCUT2D eigenvalue weighted by atomic mass is 16.1. The summed E-state index contributed by atoms with van der Waals surface area (Å²) in [5.41, 5.74) is 0.786. The number of nitrogens with zero attached hydrogens (tertiary/aromatic N) is 6. The molecular formula is C19H21N7O. The van der Waals surface area contributed by atoms with Crippen molar-refractivity contribution in [2.24, 2.45) is 5.92 Å². The summed E-state index contributed by atoms with van der Waals surface area (Å²) in [6, 6.07) is 5.56. The predicted octanol–water partition coefficient (Wildman–Crippen LogP) is 2.22. The highest BCUT2D eigenvalue weighted by molar-refractivity contribution is 5.92. The summed E-state index contributed by atoms with van der Waals surface area (Å²) >= 11 is 0. The van der Waals surface area contributed by atoms with Gasteiger partial charge in [0.2, 0.25) is 5.91 Å². The van der Waals surface area contributed by atoms with E-state index in [9.17, 15) is 4.79 Å². The molecule has 4 heterocycles. The van der Waals surface area contributed by atoms with Gasteiger partial charge in [-0.05, 0) is 31.9 Å². The van der Waals surface area contributed by atoms with Crippen molar-refractivity contribution < 1.29 is 4.79 Å². The van der Waals surface area contributed by atoms with Crippen molar-refractivity contribution in [2.45, 2.75) is 19.8 Å². The first-order valence-electron chi connectivity index (χ1n) is 8.99. The fourth-order valence-electron chi connectivity index (χ4n) is 3.31. The van der Waals surface area contributed by atoms with Gasteiger partial charge >= 0.3 is 0 Å². The Labute approximate surface area is 157 Å². The number of piperidine rings is 1. The van der Waals surface area contributed by atoms with Crippen LogP contribution in [0.3, 0.4) is 0 Å². The van der Waals surface area contributed by atoms with Crippen LogP contribution in [-0.4, -0.2) is 43.5 Å². The number of rotatable bonds is 4. The first-order valence-corrected chi connectivity index (χ1v) is 8.99. The Morgan fingerprint density at radius 3 is 2.52 bits per heavy atom. The zero-order valence-electron chi connectivity index (χ0n) is 15.1. The van der Waals surface area contributed by atoms with Gasteiger partial charge < -0.3 is 10.2 Å². The number of anilines is 2. The van der Waals surface area contributed by atoms with Crippen molar-refractivity contribution in [3.05, 3.63) is 55.1 Å². The first-order chi connectivity index (χ1) is 13.2. The van der Waals surface area contributed by atoms with Gasteiger partial charge in [-0.3, -0.25) is 14.3 Å². The number of carbonyl (C=O) groups excluding carboxylic acids is 1. The Kier molecular flexibility index (Phi) is 4.78. The van der Waals surface area contributed by atoms with Crippen molar-refractivity contribution >= 4 is 17.4 Å². The molecule has 0 aromatic carbocycles. The summed E-state index contributed by atoms with van der Waals surface area (Å²) in [5.74, 6) is 2.63.